The molecule has 0 bridgehead atoms. The Morgan fingerprint density at radius 2 is 1.95 bits per heavy atom. The molecule has 0 aromatic carbocycles. The van der Waals surface area contributed by atoms with Crippen molar-refractivity contribution in [2.45, 2.75) is 63.2 Å². The zero-order valence-corrected chi connectivity index (χ0v) is 14.0. The zero-order chi connectivity index (χ0) is 14.1. The summed E-state index contributed by atoms with van der Waals surface area (Å²) in [7, 11) is -0.807. The lowest BCUT2D eigenvalue weighted by Crippen LogP contribution is -2.29. The second-order valence-corrected chi connectivity index (χ2v) is 9.26. The number of hydrogen-bond acceptors (Lipinski definition) is 4. The van der Waals surface area contributed by atoms with Crippen molar-refractivity contribution in [1.82, 2.24) is 5.32 Å². The molecular formula is C14H29NO2S2. The molecule has 0 aromatic heterocycles. The second-order valence-electron chi connectivity index (χ2n) is 5.46. The Balaban J connectivity index is 2.18. The van der Waals surface area contributed by atoms with E-state index in [9.17, 15) is 8.42 Å². The summed E-state index contributed by atoms with van der Waals surface area (Å²) in [6.45, 7) is 1.73. The first-order chi connectivity index (χ1) is 9.07. The Morgan fingerprint density at radius 1 is 1.26 bits per heavy atom. The average Bonchev–Trinajstić information content (AvgIpc) is 2.43. The van der Waals surface area contributed by atoms with Crippen LogP contribution in [-0.2, 0) is 9.84 Å². The van der Waals surface area contributed by atoms with Crippen LogP contribution in [0.25, 0.3) is 0 Å². The summed E-state index contributed by atoms with van der Waals surface area (Å²) in [5.74, 6) is 1.73. The van der Waals surface area contributed by atoms with E-state index in [0.717, 1.165) is 23.8 Å². The highest BCUT2D eigenvalue weighted by Gasteiger charge is 2.16. The maximum absolute atomic E-state index is 11.4. The van der Waals surface area contributed by atoms with Gasteiger partial charge in [-0.05, 0) is 32.7 Å². The molecule has 1 atom stereocenters. The minimum absolute atomic E-state index is 0.272. The van der Waals surface area contributed by atoms with E-state index in [-0.39, 0.29) is 5.75 Å². The van der Waals surface area contributed by atoms with Gasteiger partial charge < -0.3 is 5.32 Å². The highest BCUT2D eigenvalue weighted by Crippen LogP contribution is 2.28. The quantitative estimate of drug-likeness (QED) is 0.711. The van der Waals surface area contributed by atoms with Gasteiger partial charge in [-0.3, -0.25) is 0 Å². The van der Waals surface area contributed by atoms with E-state index >= 15 is 0 Å². The first-order valence-corrected chi connectivity index (χ1v) is 10.4. The smallest absolute Gasteiger partial charge is 0.150 e. The van der Waals surface area contributed by atoms with Gasteiger partial charge in [0.1, 0.15) is 9.84 Å². The van der Waals surface area contributed by atoms with Crippen LogP contribution in [0.15, 0.2) is 0 Å². The average molecular weight is 308 g/mol. The van der Waals surface area contributed by atoms with E-state index in [1.807, 2.05) is 7.05 Å². The van der Waals surface area contributed by atoms with Gasteiger partial charge >= 0.3 is 0 Å². The van der Waals surface area contributed by atoms with Gasteiger partial charge in [-0.25, -0.2) is 8.42 Å². The van der Waals surface area contributed by atoms with Crippen molar-refractivity contribution >= 4 is 21.6 Å². The predicted molar refractivity (Wildman–Crippen MR) is 85.7 cm³/mol. The van der Waals surface area contributed by atoms with Crippen LogP contribution in [0.5, 0.6) is 0 Å². The molecule has 1 aliphatic rings. The molecule has 1 aliphatic carbocycles. The second kappa shape index (κ2) is 9.24. The Bertz CT molecular complexity index is 324. The van der Waals surface area contributed by atoms with Gasteiger partial charge in [0.2, 0.25) is 0 Å². The molecule has 5 heteroatoms. The third kappa shape index (κ3) is 7.57. The van der Waals surface area contributed by atoms with E-state index in [1.54, 1.807) is 6.92 Å². The topological polar surface area (TPSA) is 46.2 Å². The monoisotopic (exact) mass is 307 g/mol. The van der Waals surface area contributed by atoms with Crippen molar-refractivity contribution in [2.75, 3.05) is 24.3 Å². The van der Waals surface area contributed by atoms with Gasteiger partial charge in [0, 0.05) is 22.8 Å². The third-order valence-electron chi connectivity index (χ3n) is 3.94. The summed E-state index contributed by atoms with van der Waals surface area (Å²) in [5, 5.41) is 4.17. The zero-order valence-electron chi connectivity index (χ0n) is 12.4. The number of hydrogen-bond donors (Lipinski definition) is 1. The normalized spacial score (nSPS) is 19.5. The number of sulfone groups is 1. The molecule has 1 fully saturated rings. The van der Waals surface area contributed by atoms with Gasteiger partial charge in [-0.15, -0.1) is 0 Å². The molecule has 1 N–H and O–H groups in total. The molecule has 0 amide bonds. The van der Waals surface area contributed by atoms with Gasteiger partial charge in [-0.2, -0.15) is 11.8 Å². The fourth-order valence-corrected chi connectivity index (χ4v) is 4.89. The molecule has 0 aliphatic heterocycles. The summed E-state index contributed by atoms with van der Waals surface area (Å²) < 4.78 is 22.9. The molecule has 1 unspecified atom stereocenters. The molecular weight excluding hydrogens is 278 g/mol. The molecule has 3 nitrogen and oxygen atoms in total. The van der Waals surface area contributed by atoms with Crippen molar-refractivity contribution in [3.05, 3.63) is 0 Å². The van der Waals surface area contributed by atoms with Crippen LogP contribution >= 0.6 is 11.8 Å². The van der Waals surface area contributed by atoms with Crippen LogP contribution in [0.2, 0.25) is 0 Å². The first kappa shape index (κ1) is 17.3. The standard InChI is InChI=1S/C14H29NO2S2/c1-3-19(16,17)11-7-8-13(15-2)12-18-14-9-5-4-6-10-14/h13-15H,3-12H2,1-2H3. The minimum atomic E-state index is -2.79. The Morgan fingerprint density at radius 3 is 2.53 bits per heavy atom. The van der Waals surface area contributed by atoms with Crippen LogP contribution in [0.3, 0.4) is 0 Å². The summed E-state index contributed by atoms with van der Waals surface area (Å²) in [6, 6.07) is 0.457. The number of nitrogens with one attached hydrogen (secondary N) is 1. The number of thioether (sulfide) groups is 1. The fraction of sp³-hybridized carbons (Fsp3) is 1.00. The van der Waals surface area contributed by atoms with E-state index in [0.29, 0.717) is 11.8 Å². The molecule has 19 heavy (non-hydrogen) atoms. The lowest BCUT2D eigenvalue weighted by Gasteiger charge is -2.23. The van der Waals surface area contributed by atoms with Gasteiger partial charge in [0.25, 0.3) is 0 Å². The maximum atomic E-state index is 11.4. The maximum Gasteiger partial charge on any atom is 0.150 e. The van der Waals surface area contributed by atoms with Crippen molar-refractivity contribution in [3.63, 3.8) is 0 Å². The summed E-state index contributed by atoms with van der Waals surface area (Å²) in [4.78, 5) is 0. The van der Waals surface area contributed by atoms with E-state index < -0.39 is 9.84 Å². The lowest BCUT2D eigenvalue weighted by molar-refractivity contribution is 0.512. The van der Waals surface area contributed by atoms with Crippen molar-refractivity contribution in [3.8, 4) is 0 Å². The Labute approximate surface area is 123 Å². The van der Waals surface area contributed by atoms with E-state index in [2.05, 4.69) is 17.1 Å². The van der Waals surface area contributed by atoms with Crippen LogP contribution in [0.1, 0.15) is 51.9 Å². The summed E-state index contributed by atoms with van der Waals surface area (Å²) in [5.41, 5.74) is 0. The number of rotatable bonds is 9. The highest BCUT2D eigenvalue weighted by molar-refractivity contribution is 7.99. The van der Waals surface area contributed by atoms with Gasteiger partial charge in [-0.1, -0.05) is 26.2 Å². The van der Waals surface area contributed by atoms with Crippen LogP contribution < -0.4 is 5.32 Å². The van der Waals surface area contributed by atoms with Crippen LogP contribution in [0, 0.1) is 0 Å². The van der Waals surface area contributed by atoms with Gasteiger partial charge in [0.15, 0.2) is 0 Å². The molecule has 114 valence electrons. The molecule has 0 heterocycles. The van der Waals surface area contributed by atoms with Crippen molar-refractivity contribution in [2.24, 2.45) is 0 Å². The molecule has 0 spiro atoms. The van der Waals surface area contributed by atoms with Gasteiger partial charge in [0.05, 0.1) is 5.75 Å². The molecule has 1 rings (SSSR count). The highest BCUT2D eigenvalue weighted by atomic mass is 32.2. The molecule has 1 saturated carbocycles. The predicted octanol–water partition coefficient (Wildman–Crippen LogP) is 2.86. The SMILES string of the molecule is CCS(=O)(=O)CCCC(CSC1CCCCC1)NC. The molecule has 0 saturated heterocycles. The largest absolute Gasteiger partial charge is 0.316 e. The van der Waals surface area contributed by atoms with E-state index in [1.165, 1.54) is 32.1 Å². The fourth-order valence-electron chi connectivity index (χ4n) is 2.49. The van der Waals surface area contributed by atoms with Crippen molar-refractivity contribution < 1.29 is 8.42 Å². The van der Waals surface area contributed by atoms with Crippen LogP contribution in [0.4, 0.5) is 0 Å². The van der Waals surface area contributed by atoms with Crippen LogP contribution in [-0.4, -0.2) is 44.0 Å². The third-order valence-corrected chi connectivity index (χ3v) is 7.27. The summed E-state index contributed by atoms with van der Waals surface area (Å²) >= 11 is 2.08. The minimum Gasteiger partial charge on any atom is -0.316 e. The molecule has 0 aromatic rings. The van der Waals surface area contributed by atoms with Crippen molar-refractivity contribution in [1.29, 1.82) is 0 Å². The first-order valence-electron chi connectivity index (χ1n) is 7.56. The Kier molecular flexibility index (Phi) is 8.42. The molecule has 0 radical (unpaired) electrons. The van der Waals surface area contributed by atoms with E-state index in [4.69, 9.17) is 0 Å². The Hall–Kier alpha value is 0.260. The summed E-state index contributed by atoms with van der Waals surface area (Å²) in [6.07, 6.45) is 8.66. The lowest BCUT2D eigenvalue weighted by atomic mass is 10.0.